The summed E-state index contributed by atoms with van der Waals surface area (Å²) in [6, 6.07) is 10.2. The molecule has 3 rings (SSSR count). The maximum Gasteiger partial charge on any atom is 0.184 e. The van der Waals surface area contributed by atoms with Crippen molar-refractivity contribution in [3.05, 3.63) is 42.2 Å². The Bertz CT molecular complexity index is 834. The molecule has 0 amide bonds. The second kappa shape index (κ2) is 4.90. The number of hydrogen-bond acceptors (Lipinski definition) is 3. The van der Waals surface area contributed by atoms with Crippen molar-refractivity contribution < 1.29 is 0 Å². The van der Waals surface area contributed by atoms with E-state index < -0.39 is 0 Å². The number of nitrogens with zero attached hydrogens (tertiary/aromatic N) is 2. The summed E-state index contributed by atoms with van der Waals surface area (Å²) in [5, 5.41) is 6.52. The molecule has 0 unspecified atom stereocenters. The number of para-hydroxylation sites is 1. The van der Waals surface area contributed by atoms with E-state index in [2.05, 4.69) is 26.6 Å². The van der Waals surface area contributed by atoms with Gasteiger partial charge in [0.15, 0.2) is 5.11 Å². The summed E-state index contributed by atoms with van der Waals surface area (Å²) >= 11 is 4.72. The quantitative estimate of drug-likeness (QED) is 0.383. The summed E-state index contributed by atoms with van der Waals surface area (Å²) in [5.41, 5.74) is 11.5. The molecule has 2 aromatic heterocycles. The lowest BCUT2D eigenvalue weighted by Gasteiger charge is -2.01. The SMILES string of the molecule is C/C(=N/NC(N)=S)c1cc2c(cn1)[nH]c1ccccc12. The number of fused-ring (bicyclic) bond motifs is 3. The molecule has 0 aliphatic carbocycles. The van der Waals surface area contributed by atoms with Gasteiger partial charge in [-0.05, 0) is 31.3 Å². The van der Waals surface area contributed by atoms with Crippen molar-refractivity contribution in [1.29, 1.82) is 0 Å². The molecule has 0 atom stereocenters. The molecule has 0 radical (unpaired) electrons. The highest BCUT2D eigenvalue weighted by atomic mass is 32.1. The average molecular weight is 283 g/mol. The van der Waals surface area contributed by atoms with E-state index in [1.807, 2.05) is 37.4 Å². The fraction of sp³-hybridized carbons (Fsp3) is 0.0714. The Morgan fingerprint density at radius 3 is 2.90 bits per heavy atom. The number of aromatic nitrogens is 2. The predicted molar refractivity (Wildman–Crippen MR) is 85.7 cm³/mol. The number of nitrogens with one attached hydrogen (secondary N) is 2. The second-order valence-electron chi connectivity index (χ2n) is 4.46. The van der Waals surface area contributed by atoms with Crippen LogP contribution in [0.4, 0.5) is 0 Å². The van der Waals surface area contributed by atoms with E-state index in [1.54, 1.807) is 0 Å². The zero-order valence-electron chi connectivity index (χ0n) is 10.8. The lowest BCUT2D eigenvalue weighted by Crippen LogP contribution is -2.25. The molecule has 2 heterocycles. The third-order valence-electron chi connectivity index (χ3n) is 3.10. The van der Waals surface area contributed by atoms with Crippen LogP contribution in [0.15, 0.2) is 41.6 Å². The number of nitrogens with two attached hydrogens (primary N) is 1. The van der Waals surface area contributed by atoms with Gasteiger partial charge in [-0.15, -0.1) is 0 Å². The number of benzene rings is 1. The molecule has 6 heteroatoms. The van der Waals surface area contributed by atoms with Crippen LogP contribution in [0.1, 0.15) is 12.6 Å². The standard InChI is InChI=1S/C14H13N5S/c1-8(18-19-14(15)20)12-6-10-9-4-2-3-5-11(9)17-13(10)7-16-12/h2-7,17H,1H3,(H3,15,19,20)/b18-8-. The lowest BCUT2D eigenvalue weighted by molar-refractivity contribution is 1.02. The number of thiocarbonyl (C=S) groups is 1. The van der Waals surface area contributed by atoms with Gasteiger partial charge in [0.1, 0.15) is 0 Å². The molecule has 0 aliphatic rings. The van der Waals surface area contributed by atoms with Crippen molar-refractivity contribution in [2.75, 3.05) is 0 Å². The van der Waals surface area contributed by atoms with Crippen molar-refractivity contribution in [3.8, 4) is 0 Å². The smallest absolute Gasteiger partial charge is 0.184 e. The Balaban J connectivity index is 2.12. The Kier molecular flexibility index (Phi) is 3.08. The minimum absolute atomic E-state index is 0.137. The van der Waals surface area contributed by atoms with E-state index in [0.29, 0.717) is 0 Å². The van der Waals surface area contributed by atoms with Crippen LogP contribution in [0.2, 0.25) is 0 Å². The first kappa shape index (κ1) is 12.6. The maximum atomic E-state index is 5.36. The van der Waals surface area contributed by atoms with Crippen LogP contribution in [-0.2, 0) is 0 Å². The number of aromatic amines is 1. The van der Waals surface area contributed by atoms with Crippen LogP contribution in [0.5, 0.6) is 0 Å². The number of H-pyrrole nitrogens is 1. The Morgan fingerprint density at radius 1 is 1.30 bits per heavy atom. The Labute approximate surface area is 120 Å². The van der Waals surface area contributed by atoms with E-state index in [4.69, 9.17) is 18.0 Å². The summed E-state index contributed by atoms with van der Waals surface area (Å²) in [6.45, 7) is 1.86. The van der Waals surface area contributed by atoms with E-state index >= 15 is 0 Å². The third-order valence-corrected chi connectivity index (χ3v) is 3.19. The Hall–Kier alpha value is -2.47. The number of hydrogen-bond donors (Lipinski definition) is 3. The van der Waals surface area contributed by atoms with Crippen LogP contribution in [0, 0.1) is 0 Å². The number of pyridine rings is 1. The molecule has 0 saturated heterocycles. The molecule has 3 aromatic rings. The molecule has 0 aliphatic heterocycles. The molecule has 0 bridgehead atoms. The second-order valence-corrected chi connectivity index (χ2v) is 4.90. The summed E-state index contributed by atoms with van der Waals surface area (Å²) in [5.74, 6) is 0. The highest BCUT2D eigenvalue weighted by Gasteiger charge is 2.07. The van der Waals surface area contributed by atoms with E-state index in [0.717, 1.165) is 27.8 Å². The Morgan fingerprint density at radius 2 is 2.10 bits per heavy atom. The molecule has 5 nitrogen and oxygen atoms in total. The van der Waals surface area contributed by atoms with Gasteiger partial charge in [0.25, 0.3) is 0 Å². The first-order chi connectivity index (χ1) is 9.65. The highest BCUT2D eigenvalue weighted by molar-refractivity contribution is 7.80. The van der Waals surface area contributed by atoms with Gasteiger partial charge in [-0.2, -0.15) is 5.10 Å². The van der Waals surface area contributed by atoms with E-state index in [9.17, 15) is 0 Å². The third kappa shape index (κ3) is 2.21. The van der Waals surface area contributed by atoms with Gasteiger partial charge in [-0.25, -0.2) is 0 Å². The van der Waals surface area contributed by atoms with Crippen molar-refractivity contribution in [2.24, 2.45) is 10.8 Å². The monoisotopic (exact) mass is 283 g/mol. The fourth-order valence-electron chi connectivity index (χ4n) is 2.14. The van der Waals surface area contributed by atoms with E-state index in [-0.39, 0.29) is 5.11 Å². The van der Waals surface area contributed by atoms with Crippen LogP contribution in [0.3, 0.4) is 0 Å². The molecule has 0 saturated carbocycles. The van der Waals surface area contributed by atoms with Crippen molar-refractivity contribution in [3.63, 3.8) is 0 Å². The summed E-state index contributed by atoms with van der Waals surface area (Å²) in [7, 11) is 0. The fourth-order valence-corrected chi connectivity index (χ4v) is 2.19. The van der Waals surface area contributed by atoms with Gasteiger partial charge in [0, 0.05) is 16.3 Å². The minimum atomic E-state index is 0.137. The molecule has 0 fully saturated rings. The van der Waals surface area contributed by atoms with E-state index in [1.165, 1.54) is 5.39 Å². The first-order valence-electron chi connectivity index (χ1n) is 6.12. The van der Waals surface area contributed by atoms with Crippen LogP contribution < -0.4 is 11.2 Å². The van der Waals surface area contributed by atoms with Crippen LogP contribution >= 0.6 is 12.2 Å². The summed E-state index contributed by atoms with van der Waals surface area (Å²) < 4.78 is 0. The van der Waals surface area contributed by atoms with Gasteiger partial charge in [0.2, 0.25) is 0 Å². The van der Waals surface area contributed by atoms with Gasteiger partial charge < -0.3 is 10.7 Å². The lowest BCUT2D eigenvalue weighted by atomic mass is 10.1. The van der Waals surface area contributed by atoms with Crippen LogP contribution in [-0.4, -0.2) is 20.8 Å². The number of rotatable bonds is 2. The molecule has 20 heavy (non-hydrogen) atoms. The predicted octanol–water partition coefficient (Wildman–Crippen LogP) is 2.27. The summed E-state index contributed by atoms with van der Waals surface area (Å²) in [6.07, 6.45) is 1.81. The largest absolute Gasteiger partial charge is 0.375 e. The number of hydrazone groups is 1. The molecule has 1 aromatic carbocycles. The molecule has 100 valence electrons. The maximum absolute atomic E-state index is 5.36. The first-order valence-corrected chi connectivity index (χ1v) is 6.52. The highest BCUT2D eigenvalue weighted by Crippen LogP contribution is 2.25. The summed E-state index contributed by atoms with van der Waals surface area (Å²) in [4.78, 5) is 7.73. The zero-order chi connectivity index (χ0) is 14.1. The molecule has 0 spiro atoms. The minimum Gasteiger partial charge on any atom is -0.375 e. The normalized spacial score (nSPS) is 11.9. The van der Waals surface area contributed by atoms with Gasteiger partial charge >= 0.3 is 0 Å². The molecular formula is C14H13N5S. The van der Waals surface area contributed by atoms with Crippen molar-refractivity contribution >= 4 is 44.8 Å². The van der Waals surface area contributed by atoms with Gasteiger partial charge in [-0.3, -0.25) is 10.4 Å². The van der Waals surface area contributed by atoms with Gasteiger partial charge in [0.05, 0.1) is 23.1 Å². The molecular weight excluding hydrogens is 270 g/mol. The van der Waals surface area contributed by atoms with Crippen molar-refractivity contribution in [1.82, 2.24) is 15.4 Å². The zero-order valence-corrected chi connectivity index (χ0v) is 11.7. The molecule has 4 N–H and O–H groups in total. The van der Waals surface area contributed by atoms with Gasteiger partial charge in [-0.1, -0.05) is 18.2 Å². The topological polar surface area (TPSA) is 79.1 Å². The van der Waals surface area contributed by atoms with Crippen LogP contribution in [0.25, 0.3) is 21.8 Å². The average Bonchev–Trinajstić information content (AvgIpc) is 2.82. The van der Waals surface area contributed by atoms with Crippen molar-refractivity contribution in [2.45, 2.75) is 6.92 Å².